The molecule has 2 N–H and O–H groups in total. The van der Waals surface area contributed by atoms with Crippen molar-refractivity contribution in [3.05, 3.63) is 29.6 Å². The van der Waals surface area contributed by atoms with Crippen LogP contribution in [0.25, 0.3) is 11.0 Å². The van der Waals surface area contributed by atoms with Crippen molar-refractivity contribution in [2.75, 3.05) is 12.3 Å². The van der Waals surface area contributed by atoms with Gasteiger partial charge in [0.15, 0.2) is 0 Å². The summed E-state index contributed by atoms with van der Waals surface area (Å²) in [5.74, 6) is 0.727. The number of carbonyl (C=O) groups excluding carboxylic acids is 1. The summed E-state index contributed by atoms with van der Waals surface area (Å²) in [7, 11) is -3.27. The summed E-state index contributed by atoms with van der Waals surface area (Å²) in [6.45, 7) is 4.63. The van der Waals surface area contributed by atoms with Crippen molar-refractivity contribution in [3.8, 4) is 0 Å². The molecule has 1 aliphatic carbocycles. The molecule has 2 aromatic rings. The molecular formula is C20H28N4O3S. The molecule has 8 heteroatoms. The van der Waals surface area contributed by atoms with E-state index in [0.29, 0.717) is 25.3 Å². The van der Waals surface area contributed by atoms with Gasteiger partial charge in [-0.15, -0.1) is 0 Å². The van der Waals surface area contributed by atoms with E-state index in [1.54, 1.807) is 4.31 Å². The molecule has 1 amide bonds. The van der Waals surface area contributed by atoms with Gasteiger partial charge in [-0.05, 0) is 43.9 Å². The van der Waals surface area contributed by atoms with Crippen molar-refractivity contribution in [1.29, 1.82) is 0 Å². The van der Waals surface area contributed by atoms with Crippen molar-refractivity contribution >= 4 is 27.0 Å². The van der Waals surface area contributed by atoms with Crippen LogP contribution in [0.15, 0.2) is 18.2 Å². The molecule has 2 fully saturated rings. The third-order valence-electron chi connectivity index (χ3n) is 6.37. The Morgan fingerprint density at radius 1 is 1.36 bits per heavy atom. The number of hydrogen-bond donors (Lipinski definition) is 2. The monoisotopic (exact) mass is 404 g/mol. The van der Waals surface area contributed by atoms with Gasteiger partial charge < -0.3 is 10.3 Å². The van der Waals surface area contributed by atoms with Gasteiger partial charge in [0.1, 0.15) is 5.82 Å². The number of rotatable bonds is 4. The lowest BCUT2D eigenvalue weighted by Gasteiger charge is -2.50. The lowest BCUT2D eigenvalue weighted by atomic mass is 9.67. The van der Waals surface area contributed by atoms with Crippen LogP contribution < -0.4 is 5.32 Å². The van der Waals surface area contributed by atoms with Gasteiger partial charge in [0.25, 0.3) is 0 Å². The molecule has 4 rings (SSSR count). The number of aromatic amines is 1. The third-order valence-corrected chi connectivity index (χ3v) is 8.31. The van der Waals surface area contributed by atoms with Crippen molar-refractivity contribution in [3.63, 3.8) is 0 Å². The van der Waals surface area contributed by atoms with Gasteiger partial charge in [-0.2, -0.15) is 4.31 Å². The van der Waals surface area contributed by atoms with E-state index in [2.05, 4.69) is 15.3 Å². The zero-order chi connectivity index (χ0) is 19.9. The molecule has 1 aromatic heterocycles. The minimum atomic E-state index is -3.27. The smallest absolute Gasteiger partial charge is 0.228 e. The maximum atomic E-state index is 13.3. The third kappa shape index (κ3) is 3.22. The number of hydrogen-bond acceptors (Lipinski definition) is 4. The molecule has 1 aromatic carbocycles. The minimum Gasteiger partial charge on any atom is -0.348 e. The SMILES string of the molecule is CCN1[C@@H]2CCCC[C@@]2(C(=O)NCc2nc3ccc(C)cc3[nH]2)CCS1(=O)=O. The Kier molecular flexibility index (Phi) is 4.95. The Labute approximate surface area is 166 Å². The molecule has 1 aliphatic heterocycles. The highest BCUT2D eigenvalue weighted by molar-refractivity contribution is 7.89. The summed E-state index contributed by atoms with van der Waals surface area (Å²) in [5, 5.41) is 3.05. The van der Waals surface area contributed by atoms with Gasteiger partial charge in [0, 0.05) is 12.6 Å². The molecule has 2 aliphatic rings. The number of carbonyl (C=O) groups is 1. The summed E-state index contributed by atoms with van der Waals surface area (Å²) in [6, 6.07) is 5.78. The molecule has 28 heavy (non-hydrogen) atoms. The van der Waals surface area contributed by atoms with E-state index in [4.69, 9.17) is 0 Å². The maximum Gasteiger partial charge on any atom is 0.228 e. The first-order valence-electron chi connectivity index (χ1n) is 10.1. The molecule has 0 bridgehead atoms. The fraction of sp³-hybridized carbons (Fsp3) is 0.600. The van der Waals surface area contributed by atoms with E-state index in [0.717, 1.165) is 42.3 Å². The van der Waals surface area contributed by atoms with Crippen molar-refractivity contribution in [2.45, 2.75) is 58.5 Å². The highest BCUT2D eigenvalue weighted by atomic mass is 32.2. The summed E-state index contributed by atoms with van der Waals surface area (Å²) in [5.41, 5.74) is 2.37. The van der Waals surface area contributed by atoms with Gasteiger partial charge in [0.2, 0.25) is 15.9 Å². The van der Waals surface area contributed by atoms with Gasteiger partial charge in [-0.1, -0.05) is 25.8 Å². The van der Waals surface area contributed by atoms with Crippen molar-refractivity contribution in [2.24, 2.45) is 5.41 Å². The predicted octanol–water partition coefficient (Wildman–Crippen LogP) is 2.47. The number of H-pyrrole nitrogens is 1. The number of amides is 1. The molecule has 0 radical (unpaired) electrons. The number of aryl methyl sites for hydroxylation is 1. The van der Waals surface area contributed by atoms with Crippen LogP contribution in [-0.2, 0) is 21.4 Å². The summed E-state index contributed by atoms with van der Waals surface area (Å²) < 4.78 is 26.6. The summed E-state index contributed by atoms with van der Waals surface area (Å²) >= 11 is 0. The molecule has 2 atom stereocenters. The lowest BCUT2D eigenvalue weighted by Crippen LogP contribution is -2.62. The molecule has 1 saturated carbocycles. The first kappa shape index (κ1) is 19.4. The van der Waals surface area contributed by atoms with E-state index in [1.165, 1.54) is 0 Å². The first-order valence-corrected chi connectivity index (χ1v) is 11.7. The lowest BCUT2D eigenvalue weighted by molar-refractivity contribution is -0.137. The number of fused-ring (bicyclic) bond motifs is 2. The van der Waals surface area contributed by atoms with Crippen molar-refractivity contribution in [1.82, 2.24) is 19.6 Å². The second-order valence-corrected chi connectivity index (χ2v) is 10.1. The van der Waals surface area contributed by atoms with Gasteiger partial charge in [0.05, 0.1) is 28.7 Å². The van der Waals surface area contributed by atoms with Crippen LogP contribution in [0.1, 0.15) is 50.4 Å². The van der Waals surface area contributed by atoms with E-state index in [-0.39, 0.29) is 17.7 Å². The van der Waals surface area contributed by atoms with Crippen LogP contribution in [0.4, 0.5) is 0 Å². The van der Waals surface area contributed by atoms with Crippen LogP contribution in [-0.4, -0.2) is 46.9 Å². The number of nitrogens with zero attached hydrogens (tertiary/aromatic N) is 2. The normalized spacial score (nSPS) is 27.4. The Bertz CT molecular complexity index is 1000. The zero-order valence-electron chi connectivity index (χ0n) is 16.5. The second kappa shape index (κ2) is 7.15. The van der Waals surface area contributed by atoms with Crippen LogP contribution in [0.5, 0.6) is 0 Å². The maximum absolute atomic E-state index is 13.3. The van der Waals surface area contributed by atoms with Crippen LogP contribution in [0.3, 0.4) is 0 Å². The average Bonchev–Trinajstić information content (AvgIpc) is 3.07. The van der Waals surface area contributed by atoms with Crippen LogP contribution >= 0.6 is 0 Å². The zero-order valence-corrected chi connectivity index (χ0v) is 17.3. The summed E-state index contributed by atoms with van der Waals surface area (Å²) in [6.07, 6.45) is 3.83. The quantitative estimate of drug-likeness (QED) is 0.818. The first-order chi connectivity index (χ1) is 13.4. The highest BCUT2D eigenvalue weighted by Crippen LogP contribution is 2.46. The second-order valence-electron chi connectivity index (χ2n) is 8.07. The highest BCUT2D eigenvalue weighted by Gasteiger charge is 2.54. The number of aromatic nitrogens is 2. The Balaban J connectivity index is 1.55. The van der Waals surface area contributed by atoms with E-state index in [1.807, 2.05) is 32.0 Å². The standard InChI is InChI=1S/C20H28N4O3S/c1-3-24-17-6-4-5-9-20(17,10-11-28(24,26)27)19(25)21-13-18-22-15-8-7-14(2)12-16(15)23-18/h7-8,12,17H,3-6,9-11,13H2,1-2H3,(H,21,25)(H,22,23)/t17-,20-/m1/s1. The number of nitrogens with one attached hydrogen (secondary N) is 2. The van der Waals surface area contributed by atoms with E-state index in [9.17, 15) is 13.2 Å². The largest absolute Gasteiger partial charge is 0.348 e. The van der Waals surface area contributed by atoms with Crippen LogP contribution in [0.2, 0.25) is 0 Å². The van der Waals surface area contributed by atoms with Gasteiger partial charge in [-0.3, -0.25) is 4.79 Å². The predicted molar refractivity (Wildman–Crippen MR) is 108 cm³/mol. The molecule has 152 valence electrons. The van der Waals surface area contributed by atoms with Gasteiger partial charge >= 0.3 is 0 Å². The van der Waals surface area contributed by atoms with Crippen molar-refractivity contribution < 1.29 is 13.2 Å². The Hall–Kier alpha value is -1.93. The number of sulfonamides is 1. The average molecular weight is 405 g/mol. The Morgan fingerprint density at radius 2 is 2.18 bits per heavy atom. The van der Waals surface area contributed by atoms with E-state index >= 15 is 0 Å². The molecule has 1 saturated heterocycles. The fourth-order valence-electron chi connectivity index (χ4n) is 4.95. The van der Waals surface area contributed by atoms with Crippen LogP contribution in [0, 0.1) is 12.3 Å². The van der Waals surface area contributed by atoms with Gasteiger partial charge in [-0.25, -0.2) is 13.4 Å². The van der Waals surface area contributed by atoms with E-state index < -0.39 is 15.4 Å². The number of benzene rings is 1. The molecule has 0 spiro atoms. The fourth-order valence-corrected chi connectivity index (χ4v) is 6.90. The molecule has 7 nitrogen and oxygen atoms in total. The Morgan fingerprint density at radius 3 is 2.96 bits per heavy atom. The topological polar surface area (TPSA) is 95.2 Å². The number of imidazole rings is 1. The molecule has 2 heterocycles. The summed E-state index contributed by atoms with van der Waals surface area (Å²) in [4.78, 5) is 21.1. The molecular weight excluding hydrogens is 376 g/mol. The molecule has 0 unspecified atom stereocenters. The minimum absolute atomic E-state index is 0.0396.